The van der Waals surface area contributed by atoms with Gasteiger partial charge in [0.2, 0.25) is 0 Å². The van der Waals surface area contributed by atoms with Crippen LogP contribution in [0.5, 0.6) is 0 Å². The molecular weight excluding hydrogens is 362 g/mol. The Hall–Kier alpha value is -2.86. The molecule has 1 saturated heterocycles. The second kappa shape index (κ2) is 7.19. The fraction of sp³-hybridized carbons (Fsp3) is 0.391. The molecule has 5 rings (SSSR count). The van der Waals surface area contributed by atoms with Crippen LogP contribution in [0.25, 0.3) is 22.1 Å². The summed E-state index contributed by atoms with van der Waals surface area (Å²) in [7, 11) is 3.68. The van der Waals surface area contributed by atoms with Gasteiger partial charge in [0.05, 0.1) is 22.1 Å². The number of fused-ring (bicyclic) bond motifs is 2. The number of likely N-dealkylation sites (tertiary alicyclic amines) is 1. The number of imidazole rings is 2. The van der Waals surface area contributed by atoms with E-state index in [2.05, 4.69) is 40.2 Å². The van der Waals surface area contributed by atoms with Crippen molar-refractivity contribution < 1.29 is 0 Å². The fourth-order valence-corrected chi connectivity index (χ4v) is 4.75. The van der Waals surface area contributed by atoms with E-state index in [1.807, 2.05) is 26.2 Å². The lowest BCUT2D eigenvalue weighted by Gasteiger charge is -2.32. The van der Waals surface area contributed by atoms with Gasteiger partial charge in [0.1, 0.15) is 5.82 Å². The molecule has 1 aliphatic rings. The summed E-state index contributed by atoms with van der Waals surface area (Å²) in [5.41, 5.74) is 5.46. The minimum Gasteiger partial charge on any atom is -0.342 e. The highest BCUT2D eigenvalue weighted by atomic mass is 16.1. The quantitative estimate of drug-likeness (QED) is 0.583. The largest absolute Gasteiger partial charge is 0.342 e. The Morgan fingerprint density at radius 1 is 1.10 bits per heavy atom. The third-order valence-electron chi connectivity index (χ3n) is 6.27. The maximum absolute atomic E-state index is 12.2. The highest BCUT2D eigenvalue weighted by Gasteiger charge is 2.22. The van der Waals surface area contributed by atoms with Gasteiger partial charge >= 0.3 is 5.69 Å². The molecule has 0 spiro atoms. The molecule has 2 aromatic carbocycles. The first-order valence-electron chi connectivity index (χ1n) is 10.4. The number of aromatic nitrogens is 4. The van der Waals surface area contributed by atoms with Crippen molar-refractivity contribution in [2.75, 3.05) is 13.1 Å². The number of nitrogens with zero attached hydrogens (tertiary/aromatic N) is 4. The smallest absolute Gasteiger partial charge is 0.328 e. The van der Waals surface area contributed by atoms with Gasteiger partial charge in [-0.2, -0.15) is 0 Å². The Morgan fingerprint density at radius 3 is 2.79 bits per heavy atom. The van der Waals surface area contributed by atoms with Crippen LogP contribution in [-0.4, -0.2) is 37.1 Å². The van der Waals surface area contributed by atoms with Crippen LogP contribution in [-0.2, 0) is 27.1 Å². The Labute approximate surface area is 169 Å². The van der Waals surface area contributed by atoms with E-state index < -0.39 is 0 Å². The van der Waals surface area contributed by atoms with Gasteiger partial charge in [-0.05, 0) is 55.1 Å². The number of H-pyrrole nitrogens is 1. The molecule has 29 heavy (non-hydrogen) atoms. The Balaban J connectivity index is 1.30. The summed E-state index contributed by atoms with van der Waals surface area (Å²) in [6, 6.07) is 14.6. The summed E-state index contributed by atoms with van der Waals surface area (Å²) < 4.78 is 3.45. The van der Waals surface area contributed by atoms with Crippen LogP contribution < -0.4 is 5.69 Å². The van der Waals surface area contributed by atoms with Crippen molar-refractivity contribution in [3.05, 3.63) is 64.3 Å². The van der Waals surface area contributed by atoms with Crippen molar-refractivity contribution in [3.8, 4) is 0 Å². The predicted octanol–water partition coefficient (Wildman–Crippen LogP) is 3.21. The van der Waals surface area contributed by atoms with E-state index in [0.29, 0.717) is 5.92 Å². The zero-order chi connectivity index (χ0) is 20.0. The Bertz CT molecular complexity index is 1200. The normalized spacial score (nSPS) is 18.1. The standard InChI is InChI=1S/C23H27N5O/c1-26-20-10-9-17(12-21(20)27(2)23(26)29)15-28-11-5-6-16(14-28)13-22-24-18-7-3-4-8-19(18)25-22/h3-4,7-10,12,16H,5-6,11,13-15H2,1-2H3,(H,24,25)/t16-/m1/s1. The average Bonchev–Trinajstić information content (AvgIpc) is 3.22. The van der Waals surface area contributed by atoms with E-state index in [4.69, 9.17) is 4.98 Å². The van der Waals surface area contributed by atoms with Gasteiger partial charge in [-0.15, -0.1) is 0 Å². The first-order chi connectivity index (χ1) is 14.1. The highest BCUT2D eigenvalue weighted by molar-refractivity contribution is 5.77. The average molecular weight is 390 g/mol. The molecule has 3 heterocycles. The van der Waals surface area contributed by atoms with E-state index in [1.54, 1.807) is 9.13 Å². The van der Waals surface area contributed by atoms with Gasteiger partial charge in [-0.3, -0.25) is 14.0 Å². The molecule has 0 radical (unpaired) electrons. The topological polar surface area (TPSA) is 58.9 Å². The molecule has 4 aromatic rings. The van der Waals surface area contributed by atoms with Crippen LogP contribution in [0.15, 0.2) is 47.3 Å². The summed E-state index contributed by atoms with van der Waals surface area (Å²) in [6.45, 7) is 3.14. The molecule has 0 amide bonds. The number of benzene rings is 2. The molecule has 0 unspecified atom stereocenters. The summed E-state index contributed by atoms with van der Waals surface area (Å²) >= 11 is 0. The number of aryl methyl sites for hydroxylation is 2. The molecule has 1 N–H and O–H groups in total. The predicted molar refractivity (Wildman–Crippen MR) is 116 cm³/mol. The first-order valence-corrected chi connectivity index (χ1v) is 10.4. The van der Waals surface area contributed by atoms with E-state index in [1.165, 1.54) is 18.4 Å². The summed E-state index contributed by atoms with van der Waals surface area (Å²) in [4.78, 5) is 23.0. The lowest BCUT2D eigenvalue weighted by atomic mass is 9.94. The van der Waals surface area contributed by atoms with Crippen LogP contribution in [0.1, 0.15) is 24.2 Å². The van der Waals surface area contributed by atoms with Gasteiger partial charge < -0.3 is 4.98 Å². The second-order valence-corrected chi connectivity index (χ2v) is 8.37. The zero-order valence-corrected chi connectivity index (χ0v) is 17.1. The minimum atomic E-state index is 0.0287. The van der Waals surface area contributed by atoms with Crippen molar-refractivity contribution in [3.63, 3.8) is 0 Å². The van der Waals surface area contributed by atoms with Gasteiger partial charge in [-0.25, -0.2) is 9.78 Å². The Morgan fingerprint density at radius 2 is 1.93 bits per heavy atom. The van der Waals surface area contributed by atoms with Gasteiger partial charge in [0.15, 0.2) is 0 Å². The van der Waals surface area contributed by atoms with E-state index in [0.717, 1.165) is 53.9 Å². The number of piperidine rings is 1. The van der Waals surface area contributed by atoms with E-state index in [9.17, 15) is 4.79 Å². The monoisotopic (exact) mass is 389 g/mol. The number of aromatic amines is 1. The summed E-state index contributed by atoms with van der Waals surface area (Å²) in [5, 5.41) is 0. The van der Waals surface area contributed by atoms with Crippen LogP contribution in [0, 0.1) is 5.92 Å². The van der Waals surface area contributed by atoms with Crippen molar-refractivity contribution in [2.45, 2.75) is 25.8 Å². The summed E-state index contributed by atoms with van der Waals surface area (Å²) in [5.74, 6) is 1.72. The van der Waals surface area contributed by atoms with Gasteiger partial charge in [0, 0.05) is 33.6 Å². The van der Waals surface area contributed by atoms with Gasteiger partial charge in [0.25, 0.3) is 0 Å². The molecule has 0 aliphatic carbocycles. The molecule has 6 heteroatoms. The molecule has 2 aromatic heterocycles. The van der Waals surface area contributed by atoms with Crippen molar-refractivity contribution in [2.24, 2.45) is 20.0 Å². The SMILES string of the molecule is Cn1c(=O)n(C)c2cc(CN3CCC[C@H](Cc4nc5ccccc5[nH]4)C3)ccc21. The molecule has 1 fully saturated rings. The van der Waals surface area contributed by atoms with Crippen molar-refractivity contribution in [1.29, 1.82) is 0 Å². The van der Waals surface area contributed by atoms with Crippen LogP contribution in [0.3, 0.4) is 0 Å². The van der Waals surface area contributed by atoms with E-state index >= 15 is 0 Å². The van der Waals surface area contributed by atoms with E-state index in [-0.39, 0.29) is 5.69 Å². The molecule has 0 saturated carbocycles. The maximum atomic E-state index is 12.2. The number of rotatable bonds is 4. The number of para-hydroxylation sites is 2. The van der Waals surface area contributed by atoms with Crippen LogP contribution in [0.2, 0.25) is 0 Å². The number of hydrogen-bond acceptors (Lipinski definition) is 3. The van der Waals surface area contributed by atoms with Crippen molar-refractivity contribution in [1.82, 2.24) is 24.0 Å². The third-order valence-corrected chi connectivity index (χ3v) is 6.27. The number of nitrogens with one attached hydrogen (secondary N) is 1. The fourth-order valence-electron chi connectivity index (χ4n) is 4.75. The second-order valence-electron chi connectivity index (χ2n) is 8.37. The lowest BCUT2D eigenvalue weighted by Crippen LogP contribution is -2.35. The summed E-state index contributed by atoms with van der Waals surface area (Å²) in [6.07, 6.45) is 3.47. The molecular formula is C23H27N5O. The maximum Gasteiger partial charge on any atom is 0.328 e. The molecule has 0 bridgehead atoms. The highest BCUT2D eigenvalue weighted by Crippen LogP contribution is 2.23. The Kier molecular flexibility index (Phi) is 4.51. The van der Waals surface area contributed by atoms with Crippen LogP contribution in [0.4, 0.5) is 0 Å². The minimum absolute atomic E-state index is 0.0287. The molecule has 150 valence electrons. The molecule has 1 aliphatic heterocycles. The first kappa shape index (κ1) is 18.2. The van der Waals surface area contributed by atoms with Crippen LogP contribution >= 0.6 is 0 Å². The molecule has 6 nitrogen and oxygen atoms in total. The zero-order valence-electron chi connectivity index (χ0n) is 17.1. The van der Waals surface area contributed by atoms with Crippen molar-refractivity contribution >= 4 is 22.1 Å². The lowest BCUT2D eigenvalue weighted by molar-refractivity contribution is 0.166. The van der Waals surface area contributed by atoms with Gasteiger partial charge in [-0.1, -0.05) is 18.2 Å². The molecule has 1 atom stereocenters. The third kappa shape index (κ3) is 3.38. The number of hydrogen-bond donors (Lipinski definition) is 1.